The maximum absolute atomic E-state index is 13.3. The van der Waals surface area contributed by atoms with Crippen LogP contribution in [0, 0.1) is 0 Å². The maximum atomic E-state index is 13.3. The van der Waals surface area contributed by atoms with Gasteiger partial charge in [-0.3, -0.25) is 14.7 Å². The van der Waals surface area contributed by atoms with Gasteiger partial charge in [0.15, 0.2) is 11.2 Å². The molecule has 2 heterocycles. The quantitative estimate of drug-likeness (QED) is 0.593. The predicted octanol–water partition coefficient (Wildman–Crippen LogP) is 3.70. The first-order valence-electron chi connectivity index (χ1n) is 7.80. The van der Waals surface area contributed by atoms with Crippen molar-refractivity contribution in [2.75, 3.05) is 5.32 Å². The summed E-state index contributed by atoms with van der Waals surface area (Å²) in [5.74, 6) is -4.30. The number of rotatable bonds is 4. The molecule has 3 rings (SSSR count). The third-order valence-electron chi connectivity index (χ3n) is 4.30. The summed E-state index contributed by atoms with van der Waals surface area (Å²) in [4.78, 5) is 20.1. The average Bonchev–Trinajstić information content (AvgIpc) is 2.79. The van der Waals surface area contributed by atoms with Crippen LogP contribution in [-0.2, 0) is 4.79 Å². The highest BCUT2D eigenvalue weighted by Crippen LogP contribution is 2.47. The van der Waals surface area contributed by atoms with Crippen molar-refractivity contribution < 1.29 is 31.9 Å². The van der Waals surface area contributed by atoms with Crippen molar-refractivity contribution in [2.24, 2.45) is 0 Å². The lowest BCUT2D eigenvalue weighted by molar-refractivity contribution is -0.253. The molecule has 2 N–H and O–H groups in total. The van der Waals surface area contributed by atoms with Crippen LogP contribution in [0.1, 0.15) is 32.2 Å². The third-order valence-corrected chi connectivity index (χ3v) is 4.51. The van der Waals surface area contributed by atoms with Gasteiger partial charge in [-0.25, -0.2) is 18.7 Å². The topological polar surface area (TPSA) is 80.0 Å². The number of carbonyl (C=O) groups is 1. The van der Waals surface area contributed by atoms with Gasteiger partial charge in [-0.1, -0.05) is 11.6 Å². The van der Waals surface area contributed by atoms with E-state index in [0.717, 1.165) is 0 Å². The predicted molar refractivity (Wildman–Crippen MR) is 85.7 cm³/mol. The number of hydrogen-bond donors (Lipinski definition) is 2. The van der Waals surface area contributed by atoms with E-state index in [1.165, 1.54) is 16.7 Å². The number of halogens is 6. The van der Waals surface area contributed by atoms with Crippen LogP contribution < -0.4 is 5.32 Å². The zero-order valence-corrected chi connectivity index (χ0v) is 14.6. The molecule has 1 fully saturated rings. The Morgan fingerprint density at radius 1 is 1.37 bits per heavy atom. The molecule has 0 spiro atoms. The van der Waals surface area contributed by atoms with Gasteiger partial charge in [0, 0.05) is 12.8 Å². The van der Waals surface area contributed by atoms with E-state index in [1.54, 1.807) is 0 Å². The van der Waals surface area contributed by atoms with E-state index in [0.29, 0.717) is 6.92 Å². The number of aromatic nitrogens is 3. The summed E-state index contributed by atoms with van der Waals surface area (Å²) in [7, 11) is 0. The number of nitrogens with one attached hydrogen (secondary N) is 1. The van der Waals surface area contributed by atoms with E-state index >= 15 is 0 Å². The van der Waals surface area contributed by atoms with E-state index in [1.807, 2.05) is 0 Å². The second kappa shape index (κ2) is 6.26. The molecule has 1 aliphatic carbocycles. The standard InChI is InChI=1S/C15H14ClF5N4O2/c1-13(27,15(19,20)21)6-10(26)24-12-22-8-2-3-9(16)23-11(8)25(12)7-4-14(17,18)5-7/h2-3,7,27H,4-6H2,1H3,(H,22,24,26)/t13-/m0/s1. The molecule has 0 bridgehead atoms. The van der Waals surface area contributed by atoms with Crippen LogP contribution in [-0.4, -0.2) is 43.2 Å². The highest BCUT2D eigenvalue weighted by molar-refractivity contribution is 6.29. The Bertz CT molecular complexity index is 888. The van der Waals surface area contributed by atoms with Gasteiger partial charge in [-0.05, 0) is 19.1 Å². The Morgan fingerprint density at radius 2 is 2.00 bits per heavy atom. The third kappa shape index (κ3) is 3.84. The Kier molecular flexibility index (Phi) is 4.58. The average molecular weight is 413 g/mol. The fourth-order valence-electron chi connectivity index (χ4n) is 2.78. The molecule has 12 heteroatoms. The number of imidazole rings is 1. The molecular weight excluding hydrogens is 399 g/mol. The van der Waals surface area contributed by atoms with Crippen molar-refractivity contribution in [3.8, 4) is 0 Å². The summed E-state index contributed by atoms with van der Waals surface area (Å²) >= 11 is 5.82. The highest BCUT2D eigenvalue weighted by Gasteiger charge is 2.51. The molecule has 1 saturated carbocycles. The van der Waals surface area contributed by atoms with Crippen molar-refractivity contribution in [3.63, 3.8) is 0 Å². The van der Waals surface area contributed by atoms with Crippen LogP contribution in [0.4, 0.5) is 27.9 Å². The van der Waals surface area contributed by atoms with E-state index in [9.17, 15) is 31.9 Å². The van der Waals surface area contributed by atoms with E-state index < -0.39 is 48.9 Å². The van der Waals surface area contributed by atoms with E-state index in [-0.39, 0.29) is 22.3 Å². The van der Waals surface area contributed by atoms with Gasteiger partial charge >= 0.3 is 6.18 Å². The first-order chi connectivity index (χ1) is 12.3. The zero-order valence-electron chi connectivity index (χ0n) is 13.8. The lowest BCUT2D eigenvalue weighted by atomic mass is 9.88. The van der Waals surface area contributed by atoms with Gasteiger partial charge in [-0.15, -0.1) is 0 Å². The number of anilines is 1. The van der Waals surface area contributed by atoms with Gasteiger partial charge in [0.05, 0.1) is 12.5 Å². The van der Waals surface area contributed by atoms with Gasteiger partial charge in [0.1, 0.15) is 10.7 Å². The Morgan fingerprint density at radius 3 is 2.56 bits per heavy atom. The minimum atomic E-state index is -5.02. The second-order valence-corrected chi connectivity index (χ2v) is 7.08. The van der Waals surface area contributed by atoms with Gasteiger partial charge in [-0.2, -0.15) is 13.2 Å². The van der Waals surface area contributed by atoms with Crippen LogP contribution in [0.2, 0.25) is 5.15 Å². The van der Waals surface area contributed by atoms with Crippen molar-refractivity contribution in [1.82, 2.24) is 14.5 Å². The van der Waals surface area contributed by atoms with Crippen LogP contribution in [0.5, 0.6) is 0 Å². The number of nitrogens with zero attached hydrogens (tertiary/aromatic N) is 3. The van der Waals surface area contributed by atoms with E-state index in [2.05, 4.69) is 15.3 Å². The van der Waals surface area contributed by atoms with Crippen molar-refractivity contribution >= 4 is 34.6 Å². The molecule has 2 aromatic heterocycles. The van der Waals surface area contributed by atoms with Crippen LogP contribution in [0.25, 0.3) is 11.2 Å². The summed E-state index contributed by atoms with van der Waals surface area (Å²) in [6, 6.07) is 2.09. The van der Waals surface area contributed by atoms with Crippen molar-refractivity contribution in [1.29, 1.82) is 0 Å². The maximum Gasteiger partial charge on any atom is 0.417 e. The minimum Gasteiger partial charge on any atom is -0.380 e. The van der Waals surface area contributed by atoms with Crippen LogP contribution >= 0.6 is 11.6 Å². The van der Waals surface area contributed by atoms with Crippen LogP contribution in [0.15, 0.2) is 12.1 Å². The highest BCUT2D eigenvalue weighted by atomic mass is 35.5. The van der Waals surface area contributed by atoms with Crippen molar-refractivity contribution in [3.05, 3.63) is 17.3 Å². The fraction of sp³-hybridized carbons (Fsp3) is 0.533. The van der Waals surface area contributed by atoms with E-state index in [4.69, 9.17) is 11.6 Å². The molecule has 0 aliphatic heterocycles. The summed E-state index contributed by atoms with van der Waals surface area (Å²) in [5, 5.41) is 11.6. The number of fused-ring (bicyclic) bond motifs is 1. The minimum absolute atomic E-state index is 0.0626. The first kappa shape index (κ1) is 19.7. The molecule has 1 amide bonds. The number of aliphatic hydroxyl groups is 1. The molecule has 0 unspecified atom stereocenters. The summed E-state index contributed by atoms with van der Waals surface area (Å²) < 4.78 is 66.0. The molecule has 27 heavy (non-hydrogen) atoms. The van der Waals surface area contributed by atoms with Gasteiger partial charge in [0.2, 0.25) is 11.9 Å². The Balaban J connectivity index is 1.91. The second-order valence-electron chi connectivity index (χ2n) is 6.70. The normalized spacial score (nSPS) is 19.6. The van der Waals surface area contributed by atoms with Gasteiger partial charge < -0.3 is 5.11 Å². The smallest absolute Gasteiger partial charge is 0.380 e. The van der Waals surface area contributed by atoms with Gasteiger partial charge in [0.25, 0.3) is 5.92 Å². The fourth-order valence-corrected chi connectivity index (χ4v) is 2.92. The largest absolute Gasteiger partial charge is 0.417 e. The lowest BCUT2D eigenvalue weighted by Crippen LogP contribution is -2.45. The Labute approximate surface area is 154 Å². The number of amides is 1. The zero-order chi connectivity index (χ0) is 20.2. The van der Waals surface area contributed by atoms with Crippen LogP contribution in [0.3, 0.4) is 0 Å². The molecule has 148 valence electrons. The number of alkyl halides is 5. The molecule has 0 saturated heterocycles. The summed E-state index contributed by atoms with van der Waals surface area (Å²) in [6.07, 6.45) is -7.37. The molecule has 0 radical (unpaired) electrons. The molecular formula is C15H14ClF5N4O2. The molecule has 1 aliphatic rings. The molecule has 0 aromatic carbocycles. The number of hydrogen-bond acceptors (Lipinski definition) is 4. The molecule has 6 nitrogen and oxygen atoms in total. The van der Waals surface area contributed by atoms with Crippen molar-refractivity contribution in [2.45, 2.75) is 49.9 Å². The Hall–Kier alpha value is -2.01. The molecule has 1 atom stereocenters. The first-order valence-corrected chi connectivity index (χ1v) is 8.18. The summed E-state index contributed by atoms with van der Waals surface area (Å²) in [5.41, 5.74) is -2.90. The monoisotopic (exact) mass is 412 g/mol. The lowest BCUT2D eigenvalue weighted by Gasteiger charge is -2.36. The number of carbonyl (C=O) groups excluding carboxylic acids is 1. The molecule has 2 aromatic rings. The SMILES string of the molecule is C[C@](O)(CC(=O)Nc1nc2ccc(Cl)nc2n1C1CC(F)(F)C1)C(F)(F)F. The number of pyridine rings is 1. The summed E-state index contributed by atoms with van der Waals surface area (Å²) in [6.45, 7) is 0.462.